The Morgan fingerprint density at radius 1 is 0.938 bits per heavy atom. The van der Waals surface area contributed by atoms with Crippen molar-refractivity contribution in [3.8, 4) is 0 Å². The summed E-state index contributed by atoms with van der Waals surface area (Å²) >= 11 is 12.0. The summed E-state index contributed by atoms with van der Waals surface area (Å²) in [5.41, 5.74) is 2.86. The van der Waals surface area contributed by atoms with Crippen molar-refractivity contribution >= 4 is 34.0 Å². The standard InChI is InChI=1S/C13H11Cl2N/c14-12-7-10-5-8-3-1-2-4-9(8)6-11(10)13(15)16-12/h5-7H,1-4H2. The largest absolute Gasteiger partial charge is 0.224 e. The molecule has 0 N–H and O–H groups in total. The minimum atomic E-state index is 0.466. The number of aryl methyl sites for hydroxylation is 2. The van der Waals surface area contributed by atoms with Gasteiger partial charge in [-0.25, -0.2) is 4.98 Å². The van der Waals surface area contributed by atoms with Gasteiger partial charge in [-0.15, -0.1) is 0 Å². The number of benzene rings is 1. The van der Waals surface area contributed by atoms with E-state index in [0.717, 1.165) is 17.2 Å². The van der Waals surface area contributed by atoms with Crippen molar-refractivity contribution in [2.45, 2.75) is 25.7 Å². The van der Waals surface area contributed by atoms with E-state index in [2.05, 4.69) is 17.1 Å². The maximum Gasteiger partial charge on any atom is 0.138 e. The van der Waals surface area contributed by atoms with Gasteiger partial charge in [-0.3, -0.25) is 0 Å². The molecule has 0 radical (unpaired) electrons. The molecular formula is C13H11Cl2N. The number of rotatable bonds is 0. The Kier molecular flexibility index (Phi) is 2.53. The van der Waals surface area contributed by atoms with E-state index >= 15 is 0 Å². The van der Waals surface area contributed by atoms with Crippen LogP contribution in [0.2, 0.25) is 10.3 Å². The second kappa shape index (κ2) is 3.90. The minimum Gasteiger partial charge on any atom is -0.224 e. The van der Waals surface area contributed by atoms with Gasteiger partial charge in [0.05, 0.1) is 0 Å². The quantitative estimate of drug-likeness (QED) is 0.632. The topological polar surface area (TPSA) is 12.9 Å². The predicted molar refractivity (Wildman–Crippen MR) is 68.4 cm³/mol. The van der Waals surface area contributed by atoms with E-state index in [1.807, 2.05) is 6.07 Å². The van der Waals surface area contributed by atoms with Crippen molar-refractivity contribution in [1.82, 2.24) is 4.98 Å². The summed E-state index contributed by atoms with van der Waals surface area (Å²) < 4.78 is 0. The smallest absolute Gasteiger partial charge is 0.138 e. The van der Waals surface area contributed by atoms with Crippen LogP contribution >= 0.6 is 23.2 Å². The summed E-state index contributed by atoms with van der Waals surface area (Å²) in [6.07, 6.45) is 4.88. The van der Waals surface area contributed by atoms with Crippen molar-refractivity contribution in [3.05, 3.63) is 39.6 Å². The van der Waals surface area contributed by atoms with Crippen LogP contribution in [0.1, 0.15) is 24.0 Å². The highest BCUT2D eigenvalue weighted by molar-refractivity contribution is 6.36. The van der Waals surface area contributed by atoms with Gasteiger partial charge in [-0.2, -0.15) is 0 Å². The number of aromatic nitrogens is 1. The van der Waals surface area contributed by atoms with E-state index in [-0.39, 0.29) is 0 Å². The number of halogens is 2. The third-order valence-electron chi connectivity index (χ3n) is 3.22. The summed E-state index contributed by atoms with van der Waals surface area (Å²) in [6.45, 7) is 0. The lowest BCUT2D eigenvalue weighted by atomic mass is 9.90. The van der Waals surface area contributed by atoms with E-state index < -0.39 is 0 Å². The molecular weight excluding hydrogens is 241 g/mol. The van der Waals surface area contributed by atoms with Crippen LogP contribution in [0.3, 0.4) is 0 Å². The third kappa shape index (κ3) is 1.68. The average molecular weight is 252 g/mol. The van der Waals surface area contributed by atoms with Crippen LogP contribution in [0.15, 0.2) is 18.2 Å². The molecule has 16 heavy (non-hydrogen) atoms. The molecule has 1 aliphatic rings. The molecule has 1 heterocycles. The van der Waals surface area contributed by atoms with Crippen LogP contribution < -0.4 is 0 Å². The van der Waals surface area contributed by atoms with Crippen LogP contribution in [0.4, 0.5) is 0 Å². The van der Waals surface area contributed by atoms with E-state index in [4.69, 9.17) is 23.2 Å². The number of fused-ring (bicyclic) bond motifs is 2. The molecule has 0 bridgehead atoms. The first kappa shape index (κ1) is 10.4. The fourth-order valence-corrected chi connectivity index (χ4v) is 2.92. The summed E-state index contributed by atoms with van der Waals surface area (Å²) in [5, 5.41) is 3.10. The Balaban J connectivity index is 2.31. The van der Waals surface area contributed by atoms with E-state index in [9.17, 15) is 0 Å². The summed E-state index contributed by atoms with van der Waals surface area (Å²) in [6, 6.07) is 6.27. The number of hydrogen-bond acceptors (Lipinski definition) is 1. The molecule has 0 aliphatic heterocycles. The van der Waals surface area contributed by atoms with Crippen molar-refractivity contribution in [2.75, 3.05) is 0 Å². The lowest BCUT2D eigenvalue weighted by Gasteiger charge is -2.16. The van der Waals surface area contributed by atoms with Gasteiger partial charge < -0.3 is 0 Å². The predicted octanol–water partition coefficient (Wildman–Crippen LogP) is 4.42. The fraction of sp³-hybridized carbons (Fsp3) is 0.308. The van der Waals surface area contributed by atoms with Crippen molar-refractivity contribution in [2.24, 2.45) is 0 Å². The average Bonchev–Trinajstić information content (AvgIpc) is 2.27. The zero-order valence-electron chi connectivity index (χ0n) is 8.76. The molecule has 0 spiro atoms. The molecule has 0 fully saturated rings. The van der Waals surface area contributed by atoms with Gasteiger partial charge in [-0.05, 0) is 54.3 Å². The Morgan fingerprint density at radius 3 is 2.38 bits per heavy atom. The van der Waals surface area contributed by atoms with Crippen LogP contribution in [0.25, 0.3) is 10.8 Å². The monoisotopic (exact) mass is 251 g/mol. The second-order valence-corrected chi connectivity index (χ2v) is 5.03. The molecule has 82 valence electrons. The molecule has 1 aromatic heterocycles. The van der Waals surface area contributed by atoms with Crippen LogP contribution in [0.5, 0.6) is 0 Å². The van der Waals surface area contributed by atoms with Gasteiger partial charge in [0, 0.05) is 5.39 Å². The highest BCUT2D eigenvalue weighted by Crippen LogP contribution is 2.31. The molecule has 3 rings (SSSR count). The molecule has 0 saturated carbocycles. The Bertz CT molecular complexity index is 563. The first-order chi connectivity index (χ1) is 7.74. The van der Waals surface area contributed by atoms with Crippen LogP contribution in [-0.4, -0.2) is 4.98 Å². The maximum atomic E-state index is 6.11. The molecule has 0 amide bonds. The molecule has 1 aromatic carbocycles. The molecule has 0 atom stereocenters. The highest BCUT2D eigenvalue weighted by atomic mass is 35.5. The van der Waals surface area contributed by atoms with Gasteiger partial charge in [0.25, 0.3) is 0 Å². The summed E-state index contributed by atoms with van der Waals surface area (Å²) in [7, 11) is 0. The number of nitrogens with zero attached hydrogens (tertiary/aromatic N) is 1. The van der Waals surface area contributed by atoms with Gasteiger partial charge >= 0.3 is 0 Å². The molecule has 1 aliphatic carbocycles. The zero-order chi connectivity index (χ0) is 11.1. The van der Waals surface area contributed by atoms with Crippen molar-refractivity contribution in [3.63, 3.8) is 0 Å². The Labute approximate surface area is 104 Å². The van der Waals surface area contributed by atoms with E-state index in [0.29, 0.717) is 10.3 Å². The summed E-state index contributed by atoms with van der Waals surface area (Å²) in [5.74, 6) is 0. The lowest BCUT2D eigenvalue weighted by molar-refractivity contribution is 0.687. The minimum absolute atomic E-state index is 0.466. The summed E-state index contributed by atoms with van der Waals surface area (Å²) in [4.78, 5) is 4.08. The highest BCUT2D eigenvalue weighted by Gasteiger charge is 2.12. The van der Waals surface area contributed by atoms with Gasteiger partial charge in [-0.1, -0.05) is 29.3 Å². The number of hydrogen-bond donors (Lipinski definition) is 0. The Hall–Kier alpha value is -0.790. The molecule has 2 aromatic rings. The van der Waals surface area contributed by atoms with Crippen molar-refractivity contribution < 1.29 is 0 Å². The van der Waals surface area contributed by atoms with E-state index in [1.54, 1.807) is 0 Å². The molecule has 1 nitrogen and oxygen atoms in total. The lowest BCUT2D eigenvalue weighted by Crippen LogP contribution is -2.02. The molecule has 0 saturated heterocycles. The molecule has 0 unspecified atom stereocenters. The normalized spacial score (nSPS) is 15.1. The Morgan fingerprint density at radius 2 is 1.62 bits per heavy atom. The van der Waals surface area contributed by atoms with Gasteiger partial charge in [0.2, 0.25) is 0 Å². The number of pyridine rings is 1. The first-order valence-corrected chi connectivity index (χ1v) is 6.27. The van der Waals surface area contributed by atoms with Gasteiger partial charge in [0.15, 0.2) is 0 Å². The fourth-order valence-electron chi connectivity index (χ4n) is 2.42. The van der Waals surface area contributed by atoms with Crippen LogP contribution in [-0.2, 0) is 12.8 Å². The van der Waals surface area contributed by atoms with Crippen molar-refractivity contribution in [1.29, 1.82) is 0 Å². The third-order valence-corrected chi connectivity index (χ3v) is 3.70. The van der Waals surface area contributed by atoms with Crippen LogP contribution in [0, 0.1) is 0 Å². The SMILES string of the molecule is Clc1cc2cc3c(cc2c(Cl)n1)CCCC3. The first-order valence-electron chi connectivity index (χ1n) is 5.51. The van der Waals surface area contributed by atoms with E-state index in [1.165, 1.54) is 30.4 Å². The molecule has 3 heteroatoms. The zero-order valence-corrected chi connectivity index (χ0v) is 10.3. The maximum absolute atomic E-state index is 6.11. The second-order valence-electron chi connectivity index (χ2n) is 4.28. The van der Waals surface area contributed by atoms with Gasteiger partial charge in [0.1, 0.15) is 10.3 Å².